The second-order valence-electron chi connectivity index (χ2n) is 14.6. The Hall–Kier alpha value is -2.65. The average Bonchev–Trinajstić information content (AvgIpc) is 3.01. The summed E-state index contributed by atoms with van der Waals surface area (Å²) in [5.41, 5.74) is 0.315. The molecular weight excluding hydrogens is 584 g/mol. The largest absolute Gasteiger partial charge is 0.461 e. The van der Waals surface area contributed by atoms with Crippen LogP contribution in [-0.2, 0) is 35.1 Å². The van der Waals surface area contributed by atoms with Crippen LogP contribution in [0.5, 0.6) is 0 Å². The summed E-state index contributed by atoms with van der Waals surface area (Å²) in [5.74, 6) is 0.0969. The number of esters is 1. The second-order valence-corrected chi connectivity index (χ2v) is 14.6. The molecule has 9 nitrogen and oxygen atoms in total. The Morgan fingerprint density at radius 1 is 0.957 bits per heavy atom. The summed E-state index contributed by atoms with van der Waals surface area (Å²) in [4.78, 5) is 39.1. The lowest BCUT2D eigenvalue weighted by atomic mass is 9.81. The molecule has 1 aliphatic heterocycles. The van der Waals surface area contributed by atoms with Gasteiger partial charge in [-0.25, -0.2) is 4.79 Å². The van der Waals surface area contributed by atoms with Gasteiger partial charge in [0.2, 0.25) is 5.91 Å². The van der Waals surface area contributed by atoms with Crippen molar-refractivity contribution in [2.75, 3.05) is 13.2 Å². The third-order valence-electron chi connectivity index (χ3n) is 8.67. The third-order valence-corrected chi connectivity index (χ3v) is 8.67. The minimum absolute atomic E-state index is 0.0572. The van der Waals surface area contributed by atoms with E-state index >= 15 is 0 Å². The van der Waals surface area contributed by atoms with Crippen LogP contribution in [0.2, 0.25) is 0 Å². The quantitative estimate of drug-likeness (QED) is 0.134. The number of nitrogens with one attached hydrogen (secondary N) is 2. The van der Waals surface area contributed by atoms with Crippen molar-refractivity contribution in [3.8, 4) is 0 Å². The van der Waals surface area contributed by atoms with Gasteiger partial charge in [-0.3, -0.25) is 9.59 Å². The van der Waals surface area contributed by atoms with Crippen LogP contribution in [0, 0.1) is 17.8 Å². The first-order valence-electron chi connectivity index (χ1n) is 17.7. The van der Waals surface area contributed by atoms with Crippen LogP contribution in [-0.4, -0.2) is 55.2 Å². The molecule has 1 aromatic carbocycles. The highest BCUT2D eigenvalue weighted by molar-refractivity contribution is 5.78. The summed E-state index contributed by atoms with van der Waals surface area (Å²) in [7, 11) is 0. The molecule has 2 aliphatic rings. The Labute approximate surface area is 277 Å². The van der Waals surface area contributed by atoms with Crippen LogP contribution >= 0.6 is 0 Å². The van der Waals surface area contributed by atoms with Crippen molar-refractivity contribution in [1.29, 1.82) is 0 Å². The van der Waals surface area contributed by atoms with E-state index in [9.17, 15) is 14.4 Å². The molecule has 260 valence electrons. The highest BCUT2D eigenvalue weighted by Gasteiger charge is 2.35. The van der Waals surface area contributed by atoms with Gasteiger partial charge >= 0.3 is 12.1 Å². The highest BCUT2D eigenvalue weighted by Crippen LogP contribution is 2.32. The number of benzene rings is 1. The van der Waals surface area contributed by atoms with Crippen molar-refractivity contribution in [2.45, 2.75) is 149 Å². The SMILES string of the molecule is CC(C)C[C@H](C[C@H](OC1CCCCO1)[C@H](CC1CCCCC1)NC(=O)OC(C)(C)C)C(=O)NCCCC(=O)OCc1ccccc1. The summed E-state index contributed by atoms with van der Waals surface area (Å²) in [5, 5.41) is 6.24. The molecule has 3 rings (SSSR count). The number of amides is 2. The fourth-order valence-corrected chi connectivity index (χ4v) is 6.43. The zero-order valence-corrected chi connectivity index (χ0v) is 29.0. The van der Waals surface area contributed by atoms with Gasteiger partial charge in [0.05, 0.1) is 12.1 Å². The van der Waals surface area contributed by atoms with E-state index in [1.165, 1.54) is 19.3 Å². The molecule has 0 aromatic heterocycles. The molecular formula is C37H60N2O7. The predicted molar refractivity (Wildman–Crippen MR) is 179 cm³/mol. The number of carbonyl (C=O) groups is 3. The van der Waals surface area contributed by atoms with Crippen molar-refractivity contribution in [1.82, 2.24) is 10.6 Å². The van der Waals surface area contributed by atoms with Gasteiger partial charge in [0, 0.05) is 25.5 Å². The Morgan fingerprint density at radius 2 is 1.67 bits per heavy atom. The summed E-state index contributed by atoms with van der Waals surface area (Å²) >= 11 is 0. The van der Waals surface area contributed by atoms with E-state index in [0.29, 0.717) is 38.3 Å². The standard InChI is InChI=1S/C37H60N2O7/c1-27(2)23-30(35(41)38-21-14-19-33(40)44-26-29-17-10-7-11-18-29)25-32(45-34-20-12-13-22-43-34)31(24-28-15-8-6-9-16-28)39-36(42)46-37(3,4)5/h7,10-11,17-18,27-28,30-32,34H,6,8-9,12-16,19-26H2,1-5H3,(H,38,41)(H,39,42)/t30-,31+,32+,34?/m1/s1. The lowest BCUT2D eigenvalue weighted by molar-refractivity contribution is -0.198. The van der Waals surface area contributed by atoms with E-state index in [-0.39, 0.29) is 49.1 Å². The first-order valence-corrected chi connectivity index (χ1v) is 17.7. The van der Waals surface area contributed by atoms with Crippen LogP contribution in [0.1, 0.15) is 124 Å². The van der Waals surface area contributed by atoms with E-state index in [0.717, 1.165) is 44.1 Å². The highest BCUT2D eigenvalue weighted by atomic mass is 16.7. The van der Waals surface area contributed by atoms with E-state index in [4.69, 9.17) is 18.9 Å². The molecule has 9 heteroatoms. The molecule has 1 aromatic rings. The van der Waals surface area contributed by atoms with Crippen LogP contribution in [0.15, 0.2) is 30.3 Å². The molecule has 0 spiro atoms. The van der Waals surface area contributed by atoms with Crippen LogP contribution in [0.3, 0.4) is 0 Å². The van der Waals surface area contributed by atoms with Gasteiger partial charge in [-0.2, -0.15) is 0 Å². The Bertz CT molecular complexity index is 1030. The third kappa shape index (κ3) is 15.3. The van der Waals surface area contributed by atoms with Gasteiger partial charge in [-0.15, -0.1) is 0 Å². The summed E-state index contributed by atoms with van der Waals surface area (Å²) < 4.78 is 23.7. The molecule has 1 unspecified atom stereocenters. The van der Waals surface area contributed by atoms with Crippen LogP contribution in [0.4, 0.5) is 4.79 Å². The molecule has 0 radical (unpaired) electrons. The van der Waals surface area contributed by atoms with Gasteiger partial charge in [0.1, 0.15) is 12.2 Å². The van der Waals surface area contributed by atoms with Crippen molar-refractivity contribution in [2.24, 2.45) is 17.8 Å². The molecule has 1 heterocycles. The molecule has 0 bridgehead atoms. The molecule has 2 fully saturated rings. The number of hydrogen-bond donors (Lipinski definition) is 2. The molecule has 1 saturated carbocycles. The van der Waals surface area contributed by atoms with E-state index in [1.54, 1.807) is 0 Å². The fourth-order valence-electron chi connectivity index (χ4n) is 6.43. The number of carbonyl (C=O) groups excluding carboxylic acids is 3. The zero-order valence-electron chi connectivity index (χ0n) is 29.0. The molecule has 46 heavy (non-hydrogen) atoms. The smallest absolute Gasteiger partial charge is 0.407 e. The van der Waals surface area contributed by atoms with Crippen molar-refractivity contribution < 1.29 is 33.3 Å². The van der Waals surface area contributed by atoms with E-state index in [2.05, 4.69) is 24.5 Å². The van der Waals surface area contributed by atoms with Crippen LogP contribution < -0.4 is 10.6 Å². The Balaban J connectivity index is 1.67. The maximum absolute atomic E-state index is 13.7. The first-order chi connectivity index (χ1) is 22.0. The van der Waals surface area contributed by atoms with Crippen molar-refractivity contribution >= 4 is 18.0 Å². The second kappa shape index (κ2) is 19.9. The molecule has 1 aliphatic carbocycles. The number of alkyl carbamates (subject to hydrolysis) is 1. The lowest BCUT2D eigenvalue weighted by Gasteiger charge is -2.37. The first kappa shape index (κ1) is 37.8. The fraction of sp³-hybridized carbons (Fsp3) is 0.757. The lowest BCUT2D eigenvalue weighted by Crippen LogP contribution is -2.50. The van der Waals surface area contributed by atoms with E-state index < -0.39 is 17.8 Å². The number of rotatable bonds is 17. The number of ether oxygens (including phenoxy) is 4. The normalized spacial score (nSPS) is 19.6. The minimum atomic E-state index is -0.629. The van der Waals surface area contributed by atoms with Crippen molar-refractivity contribution in [3.05, 3.63) is 35.9 Å². The predicted octanol–water partition coefficient (Wildman–Crippen LogP) is 7.45. The molecule has 4 atom stereocenters. The zero-order chi connectivity index (χ0) is 33.4. The summed E-state index contributed by atoms with van der Waals surface area (Å²) in [6.45, 7) is 11.1. The molecule has 1 saturated heterocycles. The van der Waals surface area contributed by atoms with E-state index in [1.807, 2.05) is 51.1 Å². The van der Waals surface area contributed by atoms with Gasteiger partial charge in [-0.05, 0) is 83.1 Å². The summed E-state index contributed by atoms with van der Waals surface area (Å²) in [6.07, 6.45) is 10.1. The van der Waals surface area contributed by atoms with Crippen LogP contribution in [0.25, 0.3) is 0 Å². The Morgan fingerprint density at radius 3 is 2.33 bits per heavy atom. The van der Waals surface area contributed by atoms with Gasteiger partial charge in [-0.1, -0.05) is 76.3 Å². The Kier molecular flexibility index (Phi) is 16.3. The van der Waals surface area contributed by atoms with Gasteiger partial charge in [0.25, 0.3) is 0 Å². The molecule has 2 amide bonds. The monoisotopic (exact) mass is 644 g/mol. The summed E-state index contributed by atoms with van der Waals surface area (Å²) in [6, 6.07) is 9.27. The minimum Gasteiger partial charge on any atom is -0.461 e. The average molecular weight is 645 g/mol. The van der Waals surface area contributed by atoms with Gasteiger partial charge < -0.3 is 29.6 Å². The molecule has 2 N–H and O–H groups in total. The van der Waals surface area contributed by atoms with Crippen molar-refractivity contribution in [3.63, 3.8) is 0 Å². The maximum atomic E-state index is 13.7. The topological polar surface area (TPSA) is 112 Å². The number of hydrogen-bond acceptors (Lipinski definition) is 7. The van der Waals surface area contributed by atoms with Gasteiger partial charge in [0.15, 0.2) is 6.29 Å². The maximum Gasteiger partial charge on any atom is 0.407 e.